The summed E-state index contributed by atoms with van der Waals surface area (Å²) in [5.74, 6) is -1.79. The highest BCUT2D eigenvalue weighted by molar-refractivity contribution is 6.31. The van der Waals surface area contributed by atoms with Gasteiger partial charge in [-0.3, -0.25) is 9.59 Å². The molecule has 0 aliphatic heterocycles. The summed E-state index contributed by atoms with van der Waals surface area (Å²) in [6.07, 6.45) is 0.458. The Bertz CT molecular complexity index is 1020. The van der Waals surface area contributed by atoms with E-state index in [2.05, 4.69) is 0 Å². The van der Waals surface area contributed by atoms with Crippen LogP contribution in [-0.2, 0) is 6.42 Å². The van der Waals surface area contributed by atoms with Gasteiger partial charge in [-0.25, -0.2) is 0 Å². The van der Waals surface area contributed by atoms with Crippen LogP contribution in [0.1, 0.15) is 69.2 Å². The van der Waals surface area contributed by atoms with Crippen LogP contribution >= 0.6 is 0 Å². The Hall–Kier alpha value is -2.86. The van der Waals surface area contributed by atoms with Crippen molar-refractivity contribution in [3.63, 3.8) is 0 Å². The van der Waals surface area contributed by atoms with E-state index in [1.807, 2.05) is 6.92 Å². The van der Waals surface area contributed by atoms with Gasteiger partial charge in [0, 0.05) is 23.1 Å². The standard InChI is InChI=1S/C21H20O6/c1-9-7-21(2,26)8-11-13(9)19(24)16-15(18(11)23)17(22)10-5-4-6-12(27-3)14(10)20(16)25/h4-6,9,23-24,26H,7-8H2,1-3H3/t9?,21-/m1/s1. The molecule has 27 heavy (non-hydrogen) atoms. The zero-order chi connectivity index (χ0) is 19.7. The van der Waals surface area contributed by atoms with E-state index in [9.17, 15) is 24.9 Å². The number of benzene rings is 2. The second-order valence-electron chi connectivity index (χ2n) is 7.66. The van der Waals surface area contributed by atoms with Crippen LogP contribution in [0.15, 0.2) is 18.2 Å². The van der Waals surface area contributed by atoms with E-state index in [1.54, 1.807) is 19.1 Å². The minimum Gasteiger partial charge on any atom is -0.507 e. The van der Waals surface area contributed by atoms with Crippen LogP contribution in [0.2, 0.25) is 0 Å². The summed E-state index contributed by atoms with van der Waals surface area (Å²) in [5, 5.41) is 32.3. The van der Waals surface area contributed by atoms with Gasteiger partial charge in [-0.2, -0.15) is 0 Å². The molecule has 0 radical (unpaired) electrons. The second-order valence-corrected chi connectivity index (χ2v) is 7.66. The summed E-state index contributed by atoms with van der Waals surface area (Å²) in [6.45, 7) is 3.46. The fraction of sp³-hybridized carbons (Fsp3) is 0.333. The van der Waals surface area contributed by atoms with Crippen molar-refractivity contribution in [2.75, 3.05) is 7.11 Å². The van der Waals surface area contributed by atoms with Gasteiger partial charge in [0.15, 0.2) is 5.78 Å². The average Bonchev–Trinajstić information content (AvgIpc) is 2.60. The number of ether oxygens (including phenoxy) is 1. The molecule has 0 fully saturated rings. The molecule has 1 unspecified atom stereocenters. The van der Waals surface area contributed by atoms with E-state index in [0.29, 0.717) is 17.5 Å². The van der Waals surface area contributed by atoms with Crippen molar-refractivity contribution >= 4 is 11.6 Å². The maximum atomic E-state index is 13.2. The fourth-order valence-electron chi connectivity index (χ4n) is 4.54. The van der Waals surface area contributed by atoms with Crippen LogP contribution in [0.5, 0.6) is 17.2 Å². The number of carbonyl (C=O) groups is 2. The monoisotopic (exact) mass is 368 g/mol. The second kappa shape index (κ2) is 5.57. The van der Waals surface area contributed by atoms with Crippen LogP contribution < -0.4 is 4.74 Å². The molecule has 6 nitrogen and oxygen atoms in total. The molecular formula is C21H20O6. The molecule has 0 saturated carbocycles. The highest BCUT2D eigenvalue weighted by Gasteiger charge is 2.43. The van der Waals surface area contributed by atoms with Crippen molar-refractivity contribution in [2.45, 2.75) is 38.2 Å². The van der Waals surface area contributed by atoms with Gasteiger partial charge in [-0.05, 0) is 25.3 Å². The Balaban J connectivity index is 2.06. The molecule has 0 saturated heterocycles. The summed E-state index contributed by atoms with van der Waals surface area (Å²) in [5.41, 5.74) is -0.531. The number of methoxy groups -OCH3 is 1. The van der Waals surface area contributed by atoms with Crippen LogP contribution in [0.4, 0.5) is 0 Å². The minimum atomic E-state index is -1.08. The molecule has 0 spiro atoms. The van der Waals surface area contributed by atoms with E-state index in [-0.39, 0.29) is 51.8 Å². The summed E-state index contributed by atoms with van der Waals surface area (Å²) in [4.78, 5) is 26.3. The lowest BCUT2D eigenvalue weighted by atomic mass is 9.71. The number of fused-ring (bicyclic) bond motifs is 3. The van der Waals surface area contributed by atoms with E-state index in [0.717, 1.165) is 0 Å². The van der Waals surface area contributed by atoms with Crippen molar-refractivity contribution in [3.8, 4) is 17.2 Å². The van der Waals surface area contributed by atoms with Gasteiger partial charge in [0.1, 0.15) is 17.2 Å². The Morgan fingerprint density at radius 1 is 1.07 bits per heavy atom. The first kappa shape index (κ1) is 17.5. The number of hydrogen-bond donors (Lipinski definition) is 3. The number of rotatable bonds is 1. The Morgan fingerprint density at radius 3 is 2.41 bits per heavy atom. The minimum absolute atomic E-state index is 0.0857. The van der Waals surface area contributed by atoms with E-state index < -0.39 is 17.2 Å². The Labute approximate surface area is 156 Å². The summed E-state index contributed by atoms with van der Waals surface area (Å²) < 4.78 is 5.23. The number of phenols is 2. The highest BCUT2D eigenvalue weighted by Crippen LogP contribution is 2.51. The zero-order valence-corrected chi connectivity index (χ0v) is 15.3. The van der Waals surface area contributed by atoms with Crippen LogP contribution in [-0.4, -0.2) is 39.6 Å². The number of hydrogen-bond acceptors (Lipinski definition) is 6. The maximum absolute atomic E-state index is 13.2. The zero-order valence-electron chi connectivity index (χ0n) is 15.3. The first-order chi connectivity index (χ1) is 12.7. The summed E-state index contributed by atoms with van der Waals surface area (Å²) >= 11 is 0. The summed E-state index contributed by atoms with van der Waals surface area (Å²) in [6, 6.07) is 4.66. The molecule has 3 N–H and O–H groups in total. The summed E-state index contributed by atoms with van der Waals surface area (Å²) in [7, 11) is 1.40. The topological polar surface area (TPSA) is 104 Å². The molecule has 2 atom stereocenters. The molecule has 0 amide bonds. The third-order valence-electron chi connectivity index (χ3n) is 5.56. The lowest BCUT2D eigenvalue weighted by Gasteiger charge is -2.36. The van der Waals surface area contributed by atoms with Crippen molar-refractivity contribution < 1.29 is 29.6 Å². The average molecular weight is 368 g/mol. The highest BCUT2D eigenvalue weighted by atomic mass is 16.5. The van der Waals surface area contributed by atoms with Gasteiger partial charge in [-0.1, -0.05) is 19.1 Å². The molecule has 2 aromatic rings. The normalized spacial score (nSPS) is 23.5. The van der Waals surface area contributed by atoms with Gasteiger partial charge in [-0.15, -0.1) is 0 Å². The predicted octanol–water partition coefficient (Wildman–Crippen LogP) is 2.68. The molecule has 140 valence electrons. The molecule has 0 heterocycles. The van der Waals surface area contributed by atoms with Crippen molar-refractivity contribution in [1.29, 1.82) is 0 Å². The smallest absolute Gasteiger partial charge is 0.202 e. The van der Waals surface area contributed by atoms with Gasteiger partial charge in [0.2, 0.25) is 5.78 Å². The number of aliphatic hydroxyl groups is 1. The number of carbonyl (C=O) groups excluding carboxylic acids is 2. The molecule has 0 bridgehead atoms. The SMILES string of the molecule is COc1cccc2c1C(=O)c1c(O)c3c(c(O)c1C2=O)C[C@](C)(O)CC3C. The predicted molar refractivity (Wildman–Crippen MR) is 97.0 cm³/mol. The first-order valence-corrected chi connectivity index (χ1v) is 8.77. The van der Waals surface area contributed by atoms with E-state index in [1.165, 1.54) is 13.2 Å². The van der Waals surface area contributed by atoms with Crippen molar-refractivity contribution in [2.24, 2.45) is 0 Å². The van der Waals surface area contributed by atoms with Crippen molar-refractivity contribution in [3.05, 3.63) is 51.6 Å². The third kappa shape index (κ3) is 2.29. The van der Waals surface area contributed by atoms with Gasteiger partial charge in [0.25, 0.3) is 0 Å². The number of aromatic hydroxyl groups is 2. The van der Waals surface area contributed by atoms with Crippen LogP contribution in [0.3, 0.4) is 0 Å². The van der Waals surface area contributed by atoms with E-state index in [4.69, 9.17) is 4.74 Å². The number of phenolic OH excluding ortho intramolecular Hbond substituents is 2. The molecule has 2 aliphatic rings. The molecular weight excluding hydrogens is 348 g/mol. The van der Waals surface area contributed by atoms with Gasteiger partial charge >= 0.3 is 0 Å². The Kier molecular flexibility index (Phi) is 3.62. The molecule has 6 heteroatoms. The molecule has 2 aliphatic carbocycles. The largest absolute Gasteiger partial charge is 0.507 e. The number of ketones is 2. The lowest BCUT2D eigenvalue weighted by Crippen LogP contribution is -2.35. The maximum Gasteiger partial charge on any atom is 0.202 e. The third-order valence-corrected chi connectivity index (χ3v) is 5.56. The van der Waals surface area contributed by atoms with Crippen LogP contribution in [0, 0.1) is 0 Å². The molecule has 4 rings (SSSR count). The van der Waals surface area contributed by atoms with Gasteiger partial charge < -0.3 is 20.1 Å². The quantitative estimate of drug-likeness (QED) is 0.571. The van der Waals surface area contributed by atoms with Crippen LogP contribution in [0.25, 0.3) is 0 Å². The van der Waals surface area contributed by atoms with Crippen molar-refractivity contribution in [1.82, 2.24) is 0 Å². The molecule has 2 aromatic carbocycles. The Morgan fingerprint density at radius 2 is 1.74 bits per heavy atom. The molecule has 0 aromatic heterocycles. The first-order valence-electron chi connectivity index (χ1n) is 8.77. The van der Waals surface area contributed by atoms with E-state index >= 15 is 0 Å². The lowest BCUT2D eigenvalue weighted by molar-refractivity contribution is 0.0371. The fourth-order valence-corrected chi connectivity index (χ4v) is 4.54. The van der Waals surface area contributed by atoms with Gasteiger partial charge in [0.05, 0.1) is 29.4 Å².